The number of piperazine rings is 2. The van der Waals surface area contributed by atoms with Crippen molar-refractivity contribution in [3.8, 4) is 0 Å². The molecule has 3 aromatic carbocycles. The van der Waals surface area contributed by atoms with Crippen LogP contribution in [0.3, 0.4) is 0 Å². The van der Waals surface area contributed by atoms with Crippen LogP contribution >= 0.6 is 0 Å². The first kappa shape index (κ1) is 31.3. The van der Waals surface area contributed by atoms with Crippen LogP contribution < -0.4 is 5.32 Å². The Morgan fingerprint density at radius 1 is 0.778 bits per heavy atom. The molecule has 0 bridgehead atoms. The number of amides is 1. The van der Waals surface area contributed by atoms with E-state index in [0.29, 0.717) is 18.7 Å². The number of nitrogens with zero attached hydrogens (tertiary/aromatic N) is 5. The summed E-state index contributed by atoms with van der Waals surface area (Å²) >= 11 is 0. The molecule has 1 N–H and O–H groups in total. The minimum absolute atomic E-state index is 0.0685. The van der Waals surface area contributed by atoms with E-state index in [2.05, 4.69) is 63.7 Å². The number of halogens is 1. The monoisotopic (exact) mass is 610 g/mol. The van der Waals surface area contributed by atoms with Crippen LogP contribution in [0.15, 0.2) is 66.7 Å². The summed E-state index contributed by atoms with van der Waals surface area (Å²) in [6, 6.07) is 21.3. The van der Waals surface area contributed by atoms with Gasteiger partial charge in [0.1, 0.15) is 5.82 Å². The summed E-state index contributed by atoms with van der Waals surface area (Å²) in [6.07, 6.45) is 1.96. The zero-order valence-electron chi connectivity index (χ0n) is 27.1. The number of hydrogen-bond donors (Lipinski definition) is 1. The maximum absolute atomic E-state index is 13.5. The van der Waals surface area contributed by atoms with E-state index in [4.69, 9.17) is 0 Å². The number of rotatable bonds is 10. The molecular formula is C37H47FN6O. The average molecular weight is 611 g/mol. The summed E-state index contributed by atoms with van der Waals surface area (Å²) in [6.45, 7) is 15.2. The van der Waals surface area contributed by atoms with Gasteiger partial charge in [-0.25, -0.2) is 4.39 Å². The highest BCUT2D eigenvalue weighted by atomic mass is 19.1. The van der Waals surface area contributed by atoms with Crippen molar-refractivity contribution >= 4 is 28.2 Å². The maximum atomic E-state index is 13.5. The third kappa shape index (κ3) is 7.57. The molecule has 7 nitrogen and oxygen atoms in total. The Morgan fingerprint density at radius 2 is 1.49 bits per heavy atom. The fraction of sp³-hybridized carbons (Fsp3) is 0.432. The van der Waals surface area contributed by atoms with Crippen LogP contribution in [-0.4, -0.2) is 103 Å². The van der Waals surface area contributed by atoms with Gasteiger partial charge in [-0.05, 0) is 99.9 Å². The molecule has 0 unspecified atom stereocenters. The van der Waals surface area contributed by atoms with Crippen molar-refractivity contribution in [3.05, 3.63) is 94.9 Å². The van der Waals surface area contributed by atoms with Gasteiger partial charge >= 0.3 is 0 Å². The Balaban J connectivity index is 1.04. The SMILES string of the molecule is Cc1c(C)n(CCCN2CCN(C)CC2)c2ccc(Nc3cccc(C(=O)N4CCN(CCc5cccc(F)c5)CC4)c3)cc12. The van der Waals surface area contributed by atoms with Crippen molar-refractivity contribution in [2.24, 2.45) is 0 Å². The standard InChI is InChI=1S/C37H47FN6O/c1-28-29(2)44(15-6-14-41-19-17-40(3)18-20-41)36-12-11-34(27-35(28)36)39-33-10-5-8-31(26-33)37(45)43-23-21-42(22-24-43)16-13-30-7-4-9-32(38)25-30/h4-5,7-12,25-27,39H,6,13-24H2,1-3H3. The lowest BCUT2D eigenvalue weighted by Gasteiger charge is -2.34. The van der Waals surface area contributed by atoms with Gasteiger partial charge in [-0.3, -0.25) is 9.69 Å². The number of fused-ring (bicyclic) bond motifs is 1. The van der Waals surface area contributed by atoms with E-state index in [-0.39, 0.29) is 11.7 Å². The molecular weight excluding hydrogens is 563 g/mol. The highest BCUT2D eigenvalue weighted by Gasteiger charge is 2.22. The van der Waals surface area contributed by atoms with E-state index in [1.54, 1.807) is 12.1 Å². The summed E-state index contributed by atoms with van der Waals surface area (Å²) in [5.41, 5.74) is 7.60. The van der Waals surface area contributed by atoms with E-state index in [0.717, 1.165) is 75.6 Å². The predicted molar refractivity (Wildman–Crippen MR) is 182 cm³/mol. The van der Waals surface area contributed by atoms with Crippen molar-refractivity contribution in [2.75, 3.05) is 77.8 Å². The number of hydrogen-bond acceptors (Lipinski definition) is 5. The number of anilines is 2. The van der Waals surface area contributed by atoms with Crippen molar-refractivity contribution < 1.29 is 9.18 Å². The molecule has 0 radical (unpaired) electrons. The van der Waals surface area contributed by atoms with Gasteiger partial charge in [0, 0.05) is 99.0 Å². The molecule has 6 rings (SSSR count). The van der Waals surface area contributed by atoms with Crippen LogP contribution in [-0.2, 0) is 13.0 Å². The molecule has 3 heterocycles. The van der Waals surface area contributed by atoms with E-state index in [9.17, 15) is 9.18 Å². The first-order valence-corrected chi connectivity index (χ1v) is 16.5. The van der Waals surface area contributed by atoms with Gasteiger partial charge in [0.2, 0.25) is 0 Å². The van der Waals surface area contributed by atoms with Crippen LogP contribution in [0.4, 0.5) is 15.8 Å². The number of carbonyl (C=O) groups is 1. The van der Waals surface area contributed by atoms with Crippen molar-refractivity contribution in [1.82, 2.24) is 24.2 Å². The van der Waals surface area contributed by atoms with Gasteiger partial charge in [0.05, 0.1) is 0 Å². The second-order valence-electron chi connectivity index (χ2n) is 12.8. The molecule has 4 aromatic rings. The van der Waals surface area contributed by atoms with E-state index in [1.807, 2.05) is 35.2 Å². The Hall–Kier alpha value is -3.72. The van der Waals surface area contributed by atoms with Crippen LogP contribution in [0.5, 0.6) is 0 Å². The van der Waals surface area contributed by atoms with Gasteiger partial charge in [-0.15, -0.1) is 0 Å². The number of likely N-dealkylation sites (N-methyl/N-ethyl adjacent to an activating group) is 1. The maximum Gasteiger partial charge on any atom is 0.254 e. The normalized spacial score (nSPS) is 16.8. The van der Waals surface area contributed by atoms with Gasteiger partial charge in [-0.2, -0.15) is 0 Å². The molecule has 1 amide bonds. The highest BCUT2D eigenvalue weighted by Crippen LogP contribution is 2.30. The topological polar surface area (TPSA) is 47.0 Å². The quantitative estimate of drug-likeness (QED) is 0.247. The van der Waals surface area contributed by atoms with E-state index < -0.39 is 0 Å². The molecule has 0 aliphatic carbocycles. The van der Waals surface area contributed by atoms with Crippen LogP contribution in [0.1, 0.15) is 33.6 Å². The number of benzene rings is 3. The van der Waals surface area contributed by atoms with Gasteiger partial charge < -0.3 is 24.6 Å². The molecule has 0 atom stereocenters. The summed E-state index contributed by atoms with van der Waals surface area (Å²) in [4.78, 5) is 22.7. The molecule has 2 aliphatic heterocycles. The zero-order chi connectivity index (χ0) is 31.3. The number of aryl methyl sites for hydroxylation is 2. The minimum Gasteiger partial charge on any atom is -0.355 e. The van der Waals surface area contributed by atoms with Gasteiger partial charge in [0.15, 0.2) is 0 Å². The Kier molecular flexibility index (Phi) is 9.83. The third-order valence-electron chi connectivity index (χ3n) is 9.75. The van der Waals surface area contributed by atoms with E-state index in [1.165, 1.54) is 41.3 Å². The van der Waals surface area contributed by atoms with Crippen LogP contribution in [0, 0.1) is 19.7 Å². The summed E-state index contributed by atoms with van der Waals surface area (Å²) in [5.74, 6) is -0.119. The lowest BCUT2D eigenvalue weighted by molar-refractivity contribution is 0.0638. The number of carbonyl (C=O) groups excluding carboxylic acids is 1. The summed E-state index contributed by atoms with van der Waals surface area (Å²) in [7, 11) is 2.21. The fourth-order valence-corrected chi connectivity index (χ4v) is 6.77. The lowest BCUT2D eigenvalue weighted by Crippen LogP contribution is -2.49. The molecule has 2 saturated heterocycles. The largest absolute Gasteiger partial charge is 0.355 e. The third-order valence-corrected chi connectivity index (χ3v) is 9.75. The molecule has 0 saturated carbocycles. The Bertz CT molecular complexity index is 1620. The second kappa shape index (κ2) is 14.1. The number of aromatic nitrogens is 1. The Labute approximate surface area is 267 Å². The highest BCUT2D eigenvalue weighted by molar-refractivity contribution is 5.95. The molecule has 45 heavy (non-hydrogen) atoms. The molecule has 238 valence electrons. The summed E-state index contributed by atoms with van der Waals surface area (Å²) in [5, 5.41) is 4.84. The fourth-order valence-electron chi connectivity index (χ4n) is 6.77. The average Bonchev–Trinajstić information content (AvgIpc) is 3.29. The first-order valence-electron chi connectivity index (χ1n) is 16.5. The van der Waals surface area contributed by atoms with Crippen LogP contribution in [0.2, 0.25) is 0 Å². The second-order valence-corrected chi connectivity index (χ2v) is 12.8. The molecule has 2 fully saturated rings. The van der Waals surface area contributed by atoms with Crippen molar-refractivity contribution in [3.63, 3.8) is 0 Å². The van der Waals surface area contributed by atoms with E-state index >= 15 is 0 Å². The zero-order valence-corrected chi connectivity index (χ0v) is 27.1. The first-order chi connectivity index (χ1) is 21.8. The van der Waals surface area contributed by atoms with Gasteiger partial charge in [0.25, 0.3) is 5.91 Å². The smallest absolute Gasteiger partial charge is 0.254 e. The number of nitrogens with one attached hydrogen (secondary N) is 1. The summed E-state index contributed by atoms with van der Waals surface area (Å²) < 4.78 is 16.0. The van der Waals surface area contributed by atoms with Gasteiger partial charge in [-0.1, -0.05) is 18.2 Å². The van der Waals surface area contributed by atoms with Crippen molar-refractivity contribution in [1.29, 1.82) is 0 Å². The molecule has 1 aromatic heterocycles. The predicted octanol–water partition coefficient (Wildman–Crippen LogP) is 5.78. The van der Waals surface area contributed by atoms with Crippen LogP contribution in [0.25, 0.3) is 10.9 Å². The molecule has 8 heteroatoms. The lowest BCUT2D eigenvalue weighted by atomic mass is 10.1. The Morgan fingerprint density at radius 3 is 2.27 bits per heavy atom. The minimum atomic E-state index is -0.188. The molecule has 0 spiro atoms. The van der Waals surface area contributed by atoms with Crippen molar-refractivity contribution in [2.45, 2.75) is 33.2 Å². The molecule has 2 aliphatic rings.